The zero-order valence-electron chi connectivity index (χ0n) is 15.6. The summed E-state index contributed by atoms with van der Waals surface area (Å²) in [6.07, 6.45) is 3.04. The topological polar surface area (TPSA) is 159 Å². The van der Waals surface area contributed by atoms with Crippen molar-refractivity contribution in [3.63, 3.8) is 0 Å². The Morgan fingerprint density at radius 3 is 2.34 bits per heavy atom. The number of sulfone groups is 1. The van der Waals surface area contributed by atoms with Gasteiger partial charge < -0.3 is 10.6 Å². The van der Waals surface area contributed by atoms with Crippen LogP contribution in [0.15, 0.2) is 34.2 Å². The minimum Gasteiger partial charge on any atom is -0.367 e. The Balaban J connectivity index is 1.71. The van der Waals surface area contributed by atoms with Crippen LogP contribution < -0.4 is 15.4 Å². The summed E-state index contributed by atoms with van der Waals surface area (Å²) in [4.78, 5) is 8.83. The maximum Gasteiger partial charge on any atom is 0.240 e. The molecule has 29 heavy (non-hydrogen) atoms. The average Bonchev–Trinajstić information content (AvgIpc) is 3.36. The molecule has 4 rings (SSSR count). The van der Waals surface area contributed by atoms with Gasteiger partial charge in [-0.1, -0.05) is 0 Å². The van der Waals surface area contributed by atoms with E-state index in [9.17, 15) is 16.8 Å². The second-order valence-corrected chi connectivity index (χ2v) is 10.5. The quantitative estimate of drug-likeness (QED) is 0.422. The molecule has 0 bridgehead atoms. The van der Waals surface area contributed by atoms with Crippen molar-refractivity contribution in [1.82, 2.24) is 24.9 Å². The van der Waals surface area contributed by atoms with Crippen LogP contribution in [-0.2, 0) is 19.9 Å². The number of fused-ring (bicyclic) bond motifs is 1. The van der Waals surface area contributed by atoms with Crippen molar-refractivity contribution >= 4 is 48.3 Å². The van der Waals surface area contributed by atoms with Crippen molar-refractivity contribution in [2.45, 2.75) is 28.8 Å². The zero-order chi connectivity index (χ0) is 20.8. The zero-order valence-corrected chi connectivity index (χ0v) is 17.2. The minimum atomic E-state index is -3.54. The first kappa shape index (κ1) is 19.5. The predicted octanol–water partition coefficient (Wildman–Crippen LogP) is 0.982. The van der Waals surface area contributed by atoms with Crippen LogP contribution >= 0.6 is 0 Å². The largest absolute Gasteiger partial charge is 0.367 e. The first-order valence-corrected chi connectivity index (χ1v) is 12.1. The number of sulfonamides is 1. The van der Waals surface area contributed by atoms with Gasteiger partial charge >= 0.3 is 0 Å². The number of hydrogen-bond acceptors (Lipinski definition) is 9. The van der Waals surface area contributed by atoms with Gasteiger partial charge in [0.25, 0.3) is 0 Å². The van der Waals surface area contributed by atoms with E-state index in [0.29, 0.717) is 16.9 Å². The van der Waals surface area contributed by atoms with Crippen molar-refractivity contribution in [3.8, 4) is 0 Å². The summed E-state index contributed by atoms with van der Waals surface area (Å²) in [5.41, 5.74) is 0.774. The molecule has 154 valence electrons. The summed E-state index contributed by atoms with van der Waals surface area (Å²) in [7, 11) is -5.73. The molecule has 0 aliphatic heterocycles. The Morgan fingerprint density at radius 2 is 1.76 bits per heavy atom. The van der Waals surface area contributed by atoms with Crippen LogP contribution in [0.2, 0.25) is 0 Å². The summed E-state index contributed by atoms with van der Waals surface area (Å²) in [5.74, 6) is 0.583. The van der Waals surface area contributed by atoms with E-state index in [2.05, 4.69) is 35.5 Å². The molecule has 4 N–H and O–H groups in total. The molecule has 1 aliphatic rings. The number of aromatic nitrogens is 4. The standard InChI is InChI=1S/C16H19N7O4S2/c1-17-29(26,27)11-7-5-10(6-8-11)19-16-20-13(18-9-3-4-9)12-14(21-16)22-23-15(12)28(2,24)25/h5-9,17H,3-4H2,1-2H3,(H3,18,19,20,21,22,23). The highest BCUT2D eigenvalue weighted by molar-refractivity contribution is 7.90. The number of nitrogens with zero attached hydrogens (tertiary/aromatic N) is 3. The van der Waals surface area contributed by atoms with E-state index >= 15 is 0 Å². The average molecular weight is 438 g/mol. The van der Waals surface area contributed by atoms with Gasteiger partial charge in [-0.05, 0) is 44.2 Å². The minimum absolute atomic E-state index is 0.0381. The summed E-state index contributed by atoms with van der Waals surface area (Å²) in [6, 6.07) is 6.30. The van der Waals surface area contributed by atoms with Gasteiger partial charge in [-0.25, -0.2) is 21.6 Å². The smallest absolute Gasteiger partial charge is 0.240 e. The molecule has 0 atom stereocenters. The third kappa shape index (κ3) is 4.02. The summed E-state index contributed by atoms with van der Waals surface area (Å²) in [6.45, 7) is 0. The van der Waals surface area contributed by atoms with E-state index in [1.807, 2.05) is 0 Å². The fourth-order valence-corrected chi connectivity index (χ4v) is 4.21. The van der Waals surface area contributed by atoms with E-state index in [4.69, 9.17) is 0 Å². The van der Waals surface area contributed by atoms with E-state index < -0.39 is 19.9 Å². The molecular weight excluding hydrogens is 418 g/mol. The van der Waals surface area contributed by atoms with E-state index in [0.717, 1.165) is 19.1 Å². The molecule has 0 amide bonds. The molecule has 0 radical (unpaired) electrons. The summed E-state index contributed by atoms with van der Waals surface area (Å²) >= 11 is 0. The van der Waals surface area contributed by atoms with Crippen LogP contribution in [-0.4, -0.2) is 56.3 Å². The maximum absolute atomic E-state index is 12.1. The molecule has 2 heterocycles. The number of hydrogen-bond donors (Lipinski definition) is 4. The molecule has 13 heteroatoms. The highest BCUT2D eigenvalue weighted by Crippen LogP contribution is 2.32. The number of H-pyrrole nitrogens is 1. The molecule has 1 saturated carbocycles. The van der Waals surface area contributed by atoms with Gasteiger partial charge in [-0.15, -0.1) is 0 Å². The monoisotopic (exact) mass is 437 g/mol. The van der Waals surface area contributed by atoms with Gasteiger partial charge in [0, 0.05) is 18.0 Å². The fraction of sp³-hybridized carbons (Fsp3) is 0.312. The van der Waals surface area contributed by atoms with Gasteiger partial charge in [0.05, 0.1) is 4.90 Å². The summed E-state index contributed by atoms with van der Waals surface area (Å²) in [5, 5.41) is 13.0. The van der Waals surface area contributed by atoms with Crippen LogP contribution in [0.5, 0.6) is 0 Å². The van der Waals surface area contributed by atoms with E-state index in [-0.39, 0.29) is 27.6 Å². The van der Waals surface area contributed by atoms with Crippen LogP contribution in [0.25, 0.3) is 11.0 Å². The summed E-state index contributed by atoms with van der Waals surface area (Å²) < 4.78 is 50.0. The lowest BCUT2D eigenvalue weighted by Gasteiger charge is -2.10. The van der Waals surface area contributed by atoms with Crippen molar-refractivity contribution in [2.75, 3.05) is 23.9 Å². The first-order chi connectivity index (χ1) is 13.7. The number of aromatic amines is 1. The van der Waals surface area contributed by atoms with Gasteiger partial charge in [0.15, 0.2) is 20.5 Å². The Bertz CT molecular complexity index is 1280. The highest BCUT2D eigenvalue weighted by Gasteiger charge is 2.27. The molecule has 0 saturated heterocycles. The van der Waals surface area contributed by atoms with Crippen LogP contribution in [0.4, 0.5) is 17.5 Å². The third-order valence-electron chi connectivity index (χ3n) is 4.36. The highest BCUT2D eigenvalue weighted by atomic mass is 32.2. The molecule has 1 fully saturated rings. The Morgan fingerprint density at radius 1 is 1.07 bits per heavy atom. The molecule has 0 unspecified atom stereocenters. The van der Waals surface area contributed by atoms with Gasteiger partial charge in [-0.2, -0.15) is 15.1 Å². The lowest BCUT2D eigenvalue weighted by Crippen LogP contribution is -2.18. The van der Waals surface area contributed by atoms with Crippen LogP contribution in [0.1, 0.15) is 12.8 Å². The van der Waals surface area contributed by atoms with Gasteiger partial charge in [-0.3, -0.25) is 5.10 Å². The van der Waals surface area contributed by atoms with E-state index in [1.165, 1.54) is 19.2 Å². The first-order valence-electron chi connectivity index (χ1n) is 8.71. The number of anilines is 3. The van der Waals surface area contributed by atoms with E-state index in [1.54, 1.807) is 12.1 Å². The molecular formula is C16H19N7O4S2. The number of benzene rings is 1. The molecule has 3 aromatic rings. The number of rotatable bonds is 7. The predicted molar refractivity (Wildman–Crippen MR) is 107 cm³/mol. The Kier molecular flexibility index (Phi) is 4.67. The second kappa shape index (κ2) is 6.93. The van der Waals surface area contributed by atoms with Gasteiger partial charge in [0.2, 0.25) is 16.0 Å². The third-order valence-corrected chi connectivity index (χ3v) is 6.83. The molecule has 0 spiro atoms. The van der Waals surface area contributed by atoms with Crippen molar-refractivity contribution in [2.24, 2.45) is 0 Å². The Labute approximate surface area is 167 Å². The number of nitrogens with one attached hydrogen (secondary N) is 4. The maximum atomic E-state index is 12.1. The Hall–Kier alpha value is -2.77. The molecule has 1 aromatic carbocycles. The van der Waals surface area contributed by atoms with Crippen LogP contribution in [0.3, 0.4) is 0 Å². The van der Waals surface area contributed by atoms with Crippen molar-refractivity contribution in [3.05, 3.63) is 24.3 Å². The van der Waals surface area contributed by atoms with Gasteiger partial charge in [0.1, 0.15) is 11.2 Å². The lowest BCUT2D eigenvalue weighted by molar-refractivity contribution is 0.588. The molecule has 2 aromatic heterocycles. The second-order valence-electron chi connectivity index (χ2n) is 6.69. The normalized spacial score (nSPS) is 14.8. The fourth-order valence-electron chi connectivity index (χ4n) is 2.71. The lowest BCUT2D eigenvalue weighted by atomic mass is 10.3. The van der Waals surface area contributed by atoms with Crippen LogP contribution in [0, 0.1) is 0 Å². The van der Waals surface area contributed by atoms with Crippen molar-refractivity contribution in [1.29, 1.82) is 0 Å². The molecule has 11 nitrogen and oxygen atoms in total. The SMILES string of the molecule is CNS(=O)(=O)c1ccc(Nc2nc(NC3CC3)c3c(S(C)(=O)=O)[nH]nc3n2)cc1. The van der Waals surface area contributed by atoms with Crippen molar-refractivity contribution < 1.29 is 16.8 Å². The molecule has 1 aliphatic carbocycles.